The minimum Gasteiger partial charge on any atom is -0.452 e. The Morgan fingerprint density at radius 1 is 1.53 bits per heavy atom. The molecule has 0 amide bonds. The fourth-order valence-electron chi connectivity index (χ4n) is 1.61. The second-order valence-electron chi connectivity index (χ2n) is 3.86. The summed E-state index contributed by atoms with van der Waals surface area (Å²) in [7, 11) is -3.53. The van der Waals surface area contributed by atoms with Gasteiger partial charge in [0, 0.05) is 18.7 Å². The van der Waals surface area contributed by atoms with Crippen molar-refractivity contribution in [3.8, 4) is 0 Å². The normalized spacial score (nSPS) is 12.6. The molecule has 2 N–H and O–H groups in total. The molecule has 0 saturated heterocycles. The Hall–Kier alpha value is -0.370. The molecule has 0 atom stereocenters. The fraction of sp³-hybridized carbons (Fsp3) is 0.600. The standard InChI is InChI=1S/C10H17BrN2O3S/c1-4-13(7(2)3)17(14,15)9-5-8(6-12)16-10(9)11/h5,7H,4,6,12H2,1-3H3. The van der Waals surface area contributed by atoms with Gasteiger partial charge >= 0.3 is 0 Å². The molecule has 1 aromatic heterocycles. The molecule has 0 spiro atoms. The Morgan fingerprint density at radius 3 is 2.47 bits per heavy atom. The van der Waals surface area contributed by atoms with Gasteiger partial charge in [0.2, 0.25) is 10.0 Å². The van der Waals surface area contributed by atoms with Crippen LogP contribution in [0, 0.1) is 0 Å². The van der Waals surface area contributed by atoms with Crippen molar-refractivity contribution in [1.29, 1.82) is 0 Å². The minimum atomic E-state index is -3.53. The third kappa shape index (κ3) is 2.90. The van der Waals surface area contributed by atoms with Crippen molar-refractivity contribution < 1.29 is 12.8 Å². The Bertz CT molecular complexity index is 482. The first-order valence-corrected chi connectivity index (χ1v) is 7.58. The van der Waals surface area contributed by atoms with E-state index in [2.05, 4.69) is 15.9 Å². The van der Waals surface area contributed by atoms with Crippen LogP contribution in [0.1, 0.15) is 26.5 Å². The molecule has 1 heterocycles. The molecule has 0 saturated carbocycles. The van der Waals surface area contributed by atoms with Crippen molar-refractivity contribution in [3.05, 3.63) is 16.5 Å². The number of hydrogen-bond acceptors (Lipinski definition) is 4. The van der Waals surface area contributed by atoms with Crippen LogP contribution in [0.4, 0.5) is 0 Å². The predicted molar refractivity (Wildman–Crippen MR) is 69.0 cm³/mol. The van der Waals surface area contributed by atoms with Crippen LogP contribution in [-0.2, 0) is 16.6 Å². The minimum absolute atomic E-state index is 0.104. The largest absolute Gasteiger partial charge is 0.452 e. The highest BCUT2D eigenvalue weighted by Crippen LogP contribution is 2.29. The Kier molecular flexibility index (Phi) is 4.77. The predicted octanol–water partition coefficient (Wildman–Crippen LogP) is 1.92. The van der Waals surface area contributed by atoms with Crippen LogP contribution in [0.2, 0.25) is 0 Å². The highest BCUT2D eigenvalue weighted by atomic mass is 79.9. The van der Waals surface area contributed by atoms with Crippen LogP contribution in [0.5, 0.6) is 0 Å². The van der Waals surface area contributed by atoms with Crippen molar-refractivity contribution in [2.24, 2.45) is 5.73 Å². The molecule has 0 bridgehead atoms. The van der Waals surface area contributed by atoms with E-state index in [4.69, 9.17) is 10.2 Å². The molecule has 1 aromatic rings. The van der Waals surface area contributed by atoms with Crippen LogP contribution in [-0.4, -0.2) is 25.3 Å². The van der Waals surface area contributed by atoms with E-state index in [1.54, 1.807) is 6.92 Å². The zero-order valence-corrected chi connectivity index (χ0v) is 12.5. The zero-order chi connectivity index (χ0) is 13.2. The van der Waals surface area contributed by atoms with E-state index >= 15 is 0 Å². The summed E-state index contributed by atoms with van der Waals surface area (Å²) in [6.45, 7) is 6.05. The maximum absolute atomic E-state index is 12.4. The lowest BCUT2D eigenvalue weighted by Crippen LogP contribution is -2.36. The summed E-state index contributed by atoms with van der Waals surface area (Å²) in [6.07, 6.45) is 0. The van der Waals surface area contributed by atoms with E-state index in [0.717, 1.165) is 0 Å². The number of nitrogens with zero attached hydrogens (tertiary/aromatic N) is 1. The third-order valence-corrected chi connectivity index (χ3v) is 5.39. The van der Waals surface area contributed by atoms with Gasteiger partial charge in [-0.15, -0.1) is 0 Å². The lowest BCUT2D eigenvalue weighted by Gasteiger charge is -2.23. The highest BCUT2D eigenvalue weighted by Gasteiger charge is 2.30. The first-order valence-electron chi connectivity index (χ1n) is 5.34. The maximum Gasteiger partial charge on any atom is 0.247 e. The molecule has 0 aromatic carbocycles. The van der Waals surface area contributed by atoms with Crippen LogP contribution in [0.25, 0.3) is 0 Å². The second-order valence-corrected chi connectivity index (χ2v) is 6.44. The Labute approximate surface area is 110 Å². The maximum atomic E-state index is 12.4. The van der Waals surface area contributed by atoms with Crippen molar-refractivity contribution in [1.82, 2.24) is 4.31 Å². The molecular formula is C10H17BrN2O3S. The van der Waals surface area contributed by atoms with Crippen LogP contribution in [0.3, 0.4) is 0 Å². The van der Waals surface area contributed by atoms with E-state index in [1.165, 1.54) is 10.4 Å². The van der Waals surface area contributed by atoms with Gasteiger partial charge in [0.05, 0.1) is 6.54 Å². The molecule has 0 fully saturated rings. The van der Waals surface area contributed by atoms with Gasteiger partial charge in [-0.1, -0.05) is 6.92 Å². The topological polar surface area (TPSA) is 76.5 Å². The van der Waals surface area contributed by atoms with E-state index in [1.807, 2.05) is 13.8 Å². The average molecular weight is 325 g/mol. The van der Waals surface area contributed by atoms with Gasteiger partial charge in [-0.2, -0.15) is 4.31 Å². The van der Waals surface area contributed by atoms with E-state index < -0.39 is 10.0 Å². The van der Waals surface area contributed by atoms with Crippen molar-refractivity contribution in [2.45, 2.75) is 38.3 Å². The molecule has 0 radical (unpaired) electrons. The summed E-state index contributed by atoms with van der Waals surface area (Å²) in [5, 5.41) is 0. The number of sulfonamides is 1. The molecule has 0 aliphatic rings. The van der Waals surface area contributed by atoms with Gasteiger partial charge in [-0.25, -0.2) is 8.42 Å². The van der Waals surface area contributed by atoms with E-state index in [-0.39, 0.29) is 22.2 Å². The Morgan fingerprint density at radius 2 is 2.12 bits per heavy atom. The molecule has 5 nitrogen and oxygen atoms in total. The summed E-state index contributed by atoms with van der Waals surface area (Å²) in [4.78, 5) is 0.133. The number of furan rings is 1. The van der Waals surface area contributed by atoms with E-state index in [0.29, 0.717) is 12.3 Å². The number of nitrogens with two attached hydrogens (primary N) is 1. The van der Waals surface area contributed by atoms with Gasteiger partial charge in [0.15, 0.2) is 4.67 Å². The SMILES string of the molecule is CCN(C(C)C)S(=O)(=O)c1cc(CN)oc1Br. The third-order valence-electron chi connectivity index (χ3n) is 2.38. The lowest BCUT2D eigenvalue weighted by atomic mass is 10.4. The summed E-state index contributed by atoms with van der Waals surface area (Å²) >= 11 is 3.11. The van der Waals surface area contributed by atoms with Crippen LogP contribution in [0.15, 0.2) is 20.0 Å². The number of hydrogen-bond donors (Lipinski definition) is 1. The van der Waals surface area contributed by atoms with Crippen molar-refractivity contribution >= 4 is 26.0 Å². The monoisotopic (exact) mass is 324 g/mol. The smallest absolute Gasteiger partial charge is 0.247 e. The summed E-state index contributed by atoms with van der Waals surface area (Å²) in [5.41, 5.74) is 5.42. The summed E-state index contributed by atoms with van der Waals surface area (Å²) in [6, 6.07) is 1.36. The molecule has 0 unspecified atom stereocenters. The van der Waals surface area contributed by atoms with Crippen LogP contribution >= 0.6 is 15.9 Å². The first kappa shape index (κ1) is 14.7. The summed E-state index contributed by atoms with van der Waals surface area (Å²) in [5.74, 6) is 0.440. The molecule has 1 rings (SSSR count). The van der Waals surface area contributed by atoms with Gasteiger partial charge < -0.3 is 10.2 Å². The average Bonchev–Trinajstić information content (AvgIpc) is 2.60. The van der Waals surface area contributed by atoms with Crippen molar-refractivity contribution in [3.63, 3.8) is 0 Å². The van der Waals surface area contributed by atoms with Gasteiger partial charge in [0.1, 0.15) is 10.7 Å². The number of rotatable bonds is 5. The Balaban J connectivity index is 3.24. The number of halogens is 1. The summed E-state index contributed by atoms with van der Waals surface area (Å²) < 4.78 is 31.5. The molecule has 17 heavy (non-hydrogen) atoms. The molecule has 0 aliphatic carbocycles. The lowest BCUT2D eigenvalue weighted by molar-refractivity contribution is 0.368. The first-order chi connectivity index (χ1) is 7.84. The van der Waals surface area contributed by atoms with E-state index in [9.17, 15) is 8.42 Å². The molecular weight excluding hydrogens is 308 g/mol. The zero-order valence-electron chi connectivity index (χ0n) is 10.1. The fourth-order valence-corrected chi connectivity index (χ4v) is 4.22. The molecule has 98 valence electrons. The van der Waals surface area contributed by atoms with Crippen molar-refractivity contribution in [2.75, 3.05) is 6.54 Å². The van der Waals surface area contributed by atoms with Gasteiger partial charge in [-0.3, -0.25) is 0 Å². The highest BCUT2D eigenvalue weighted by molar-refractivity contribution is 9.10. The van der Waals surface area contributed by atoms with Crippen LogP contribution < -0.4 is 5.73 Å². The molecule has 0 aliphatic heterocycles. The quantitative estimate of drug-likeness (QED) is 0.897. The second kappa shape index (κ2) is 5.51. The van der Waals surface area contributed by atoms with Gasteiger partial charge in [-0.05, 0) is 29.8 Å². The van der Waals surface area contributed by atoms with Gasteiger partial charge in [0.25, 0.3) is 0 Å². The molecule has 7 heteroatoms.